The number of hydrogen-bond acceptors (Lipinski definition) is 2. The maximum atomic E-state index is 4.29. The van der Waals surface area contributed by atoms with E-state index in [2.05, 4.69) is 39.1 Å². The monoisotopic (exact) mass is 263 g/mol. The minimum atomic E-state index is 0.691. The Hall–Kier alpha value is -0.100. The van der Waals surface area contributed by atoms with E-state index in [1.165, 1.54) is 5.69 Å². The summed E-state index contributed by atoms with van der Waals surface area (Å²) < 4.78 is 3.07. The van der Waals surface area contributed by atoms with Gasteiger partial charge in [-0.25, -0.2) is 0 Å². The lowest BCUT2D eigenvalue weighted by Gasteiger charge is -2.26. The van der Waals surface area contributed by atoms with Crippen molar-refractivity contribution in [3.05, 3.63) is 15.5 Å². The lowest BCUT2D eigenvalue weighted by Crippen LogP contribution is -2.40. The standard InChI is InChI=1S/C7H10IN3/c1-11-6(2-7(8)10-11)5-3-9-4-5/h2,5,9H,3-4H2,1H3. The van der Waals surface area contributed by atoms with Crippen LogP contribution in [0.1, 0.15) is 11.6 Å². The van der Waals surface area contributed by atoms with Crippen LogP contribution in [0.2, 0.25) is 0 Å². The highest BCUT2D eigenvalue weighted by Gasteiger charge is 2.22. The molecule has 60 valence electrons. The summed E-state index contributed by atoms with van der Waals surface area (Å²) in [5.41, 5.74) is 1.35. The minimum Gasteiger partial charge on any atom is -0.315 e. The lowest BCUT2D eigenvalue weighted by atomic mass is 10.00. The van der Waals surface area contributed by atoms with E-state index in [9.17, 15) is 0 Å². The van der Waals surface area contributed by atoms with Crippen molar-refractivity contribution in [2.45, 2.75) is 5.92 Å². The molecule has 0 aliphatic carbocycles. The second-order valence-corrected chi connectivity index (χ2v) is 3.98. The van der Waals surface area contributed by atoms with Gasteiger partial charge in [0.1, 0.15) is 3.70 Å². The van der Waals surface area contributed by atoms with Gasteiger partial charge in [0.15, 0.2) is 0 Å². The molecule has 1 aromatic heterocycles. The van der Waals surface area contributed by atoms with E-state index in [0.29, 0.717) is 5.92 Å². The molecule has 0 spiro atoms. The Morgan fingerprint density at radius 3 is 2.82 bits per heavy atom. The Labute approximate surface area is 79.3 Å². The molecule has 1 fully saturated rings. The first-order valence-corrected chi connectivity index (χ1v) is 4.75. The third kappa shape index (κ3) is 1.29. The van der Waals surface area contributed by atoms with Gasteiger partial charge in [-0.1, -0.05) is 0 Å². The van der Waals surface area contributed by atoms with Gasteiger partial charge in [-0.3, -0.25) is 4.68 Å². The van der Waals surface area contributed by atoms with Crippen molar-refractivity contribution in [2.24, 2.45) is 7.05 Å². The summed E-state index contributed by atoms with van der Waals surface area (Å²) in [5.74, 6) is 0.691. The highest BCUT2D eigenvalue weighted by Crippen LogP contribution is 2.20. The van der Waals surface area contributed by atoms with Crippen molar-refractivity contribution in [1.82, 2.24) is 15.1 Å². The molecule has 1 aromatic rings. The summed E-state index contributed by atoms with van der Waals surface area (Å²) >= 11 is 2.25. The zero-order valence-electron chi connectivity index (χ0n) is 6.34. The van der Waals surface area contributed by atoms with Gasteiger partial charge >= 0.3 is 0 Å². The molecule has 0 bridgehead atoms. The molecule has 0 amide bonds. The molecule has 4 heteroatoms. The maximum absolute atomic E-state index is 4.29. The van der Waals surface area contributed by atoms with E-state index in [-0.39, 0.29) is 0 Å². The molecular formula is C7H10IN3. The summed E-state index contributed by atoms with van der Waals surface area (Å²) in [4.78, 5) is 0. The molecule has 0 aromatic carbocycles. The van der Waals surface area contributed by atoms with Crippen LogP contribution in [-0.2, 0) is 7.05 Å². The van der Waals surface area contributed by atoms with Gasteiger partial charge in [0, 0.05) is 31.7 Å². The van der Waals surface area contributed by atoms with Gasteiger partial charge in [-0.05, 0) is 28.7 Å². The first kappa shape index (κ1) is 7.54. The van der Waals surface area contributed by atoms with Crippen molar-refractivity contribution in [2.75, 3.05) is 13.1 Å². The summed E-state index contributed by atoms with van der Waals surface area (Å²) in [6.45, 7) is 2.21. The molecule has 0 unspecified atom stereocenters. The molecule has 3 nitrogen and oxygen atoms in total. The molecule has 1 aliphatic heterocycles. The number of nitrogens with zero attached hydrogens (tertiary/aromatic N) is 2. The first-order chi connectivity index (χ1) is 5.27. The fraction of sp³-hybridized carbons (Fsp3) is 0.571. The average molecular weight is 263 g/mol. The summed E-state index contributed by atoms with van der Waals surface area (Å²) in [5, 5.41) is 7.54. The van der Waals surface area contributed by atoms with E-state index in [4.69, 9.17) is 0 Å². The SMILES string of the molecule is Cn1nc(I)cc1C1CNC1. The van der Waals surface area contributed by atoms with Crippen LogP contribution in [0.3, 0.4) is 0 Å². The van der Waals surface area contributed by atoms with Gasteiger partial charge in [-0.15, -0.1) is 0 Å². The molecule has 2 heterocycles. The van der Waals surface area contributed by atoms with Crippen LogP contribution >= 0.6 is 22.6 Å². The normalized spacial score (nSPS) is 18.4. The largest absolute Gasteiger partial charge is 0.315 e. The van der Waals surface area contributed by atoms with Gasteiger partial charge in [0.25, 0.3) is 0 Å². The fourth-order valence-corrected chi connectivity index (χ4v) is 1.97. The Morgan fingerprint density at radius 1 is 1.73 bits per heavy atom. The zero-order chi connectivity index (χ0) is 7.84. The molecule has 1 saturated heterocycles. The first-order valence-electron chi connectivity index (χ1n) is 3.67. The topological polar surface area (TPSA) is 29.9 Å². The number of halogens is 1. The van der Waals surface area contributed by atoms with Crippen LogP contribution in [0.25, 0.3) is 0 Å². The van der Waals surface area contributed by atoms with Gasteiger partial charge in [0.05, 0.1) is 0 Å². The third-order valence-corrected chi connectivity index (χ3v) is 2.61. The van der Waals surface area contributed by atoms with E-state index in [0.717, 1.165) is 16.8 Å². The van der Waals surface area contributed by atoms with Crippen molar-refractivity contribution in [1.29, 1.82) is 0 Å². The second kappa shape index (κ2) is 2.75. The van der Waals surface area contributed by atoms with Crippen LogP contribution in [-0.4, -0.2) is 22.9 Å². The number of rotatable bonds is 1. The van der Waals surface area contributed by atoms with Crippen LogP contribution in [0.5, 0.6) is 0 Å². The van der Waals surface area contributed by atoms with Crippen LogP contribution in [0.4, 0.5) is 0 Å². The lowest BCUT2D eigenvalue weighted by molar-refractivity contribution is 0.424. The molecule has 1 N–H and O–H groups in total. The Balaban J connectivity index is 2.28. The molecule has 0 radical (unpaired) electrons. The summed E-state index contributed by atoms with van der Waals surface area (Å²) in [6.07, 6.45) is 0. The Morgan fingerprint density at radius 2 is 2.45 bits per heavy atom. The maximum Gasteiger partial charge on any atom is 0.123 e. The van der Waals surface area contributed by atoms with Crippen LogP contribution < -0.4 is 5.32 Å². The van der Waals surface area contributed by atoms with E-state index < -0.39 is 0 Å². The summed E-state index contributed by atoms with van der Waals surface area (Å²) in [7, 11) is 2.01. The van der Waals surface area contributed by atoms with E-state index in [1.807, 2.05) is 11.7 Å². The molecule has 1 aliphatic rings. The van der Waals surface area contributed by atoms with Crippen molar-refractivity contribution >= 4 is 22.6 Å². The molecule has 11 heavy (non-hydrogen) atoms. The molecular weight excluding hydrogens is 253 g/mol. The van der Waals surface area contributed by atoms with Crippen LogP contribution in [0.15, 0.2) is 6.07 Å². The highest BCUT2D eigenvalue weighted by molar-refractivity contribution is 14.1. The quantitative estimate of drug-likeness (QED) is 0.756. The smallest absolute Gasteiger partial charge is 0.123 e. The van der Waals surface area contributed by atoms with Gasteiger partial charge in [0.2, 0.25) is 0 Å². The third-order valence-electron chi connectivity index (χ3n) is 2.09. The second-order valence-electron chi connectivity index (χ2n) is 2.87. The number of aryl methyl sites for hydroxylation is 1. The predicted molar refractivity (Wildman–Crippen MR) is 51.5 cm³/mol. The van der Waals surface area contributed by atoms with Gasteiger partial charge in [-0.2, -0.15) is 5.10 Å². The highest BCUT2D eigenvalue weighted by atomic mass is 127. The Kier molecular flexibility index (Phi) is 1.88. The number of nitrogens with one attached hydrogen (secondary N) is 1. The Bertz CT molecular complexity index is 265. The molecule has 0 saturated carbocycles. The average Bonchev–Trinajstić information content (AvgIpc) is 2.07. The zero-order valence-corrected chi connectivity index (χ0v) is 8.50. The van der Waals surface area contributed by atoms with E-state index >= 15 is 0 Å². The van der Waals surface area contributed by atoms with E-state index in [1.54, 1.807) is 0 Å². The van der Waals surface area contributed by atoms with Crippen molar-refractivity contribution in [3.63, 3.8) is 0 Å². The van der Waals surface area contributed by atoms with Crippen molar-refractivity contribution < 1.29 is 0 Å². The molecule has 2 rings (SSSR count). The molecule has 0 atom stereocenters. The van der Waals surface area contributed by atoms with Crippen LogP contribution in [0, 0.1) is 3.70 Å². The fourth-order valence-electron chi connectivity index (χ4n) is 1.33. The number of hydrogen-bond donors (Lipinski definition) is 1. The van der Waals surface area contributed by atoms with Gasteiger partial charge < -0.3 is 5.32 Å². The van der Waals surface area contributed by atoms with Crippen molar-refractivity contribution in [3.8, 4) is 0 Å². The minimum absolute atomic E-state index is 0.691. The number of aromatic nitrogens is 2. The predicted octanol–water partition coefficient (Wildman–Crippen LogP) is 0.712. The summed E-state index contributed by atoms with van der Waals surface area (Å²) in [6, 6.07) is 2.16.